The average Bonchev–Trinajstić information content (AvgIpc) is 1.34. The highest BCUT2D eigenvalue weighted by atomic mass is 16.5. The number of aromatic nitrogens is 6. The smallest absolute Gasteiger partial charge is 0.251 e. The molecule has 6 fully saturated rings. The number of nitrogens with zero attached hydrogens (tertiary/aromatic N) is 6. The molecule has 29 heteroatoms. The molecule has 6 aromatic carbocycles. The topological polar surface area (TPSA) is 367 Å². The zero-order valence-electron chi connectivity index (χ0n) is 85.4. The van der Waals surface area contributed by atoms with Crippen LogP contribution >= 0.6 is 0 Å². The Kier molecular flexibility index (Phi) is 36.6. The van der Waals surface area contributed by atoms with Gasteiger partial charge in [-0.3, -0.25) is 58.7 Å². The van der Waals surface area contributed by atoms with E-state index in [1.165, 1.54) is 5.39 Å². The van der Waals surface area contributed by atoms with Gasteiger partial charge in [-0.1, -0.05) is 159 Å². The molecule has 0 saturated carbocycles. The number of carbonyl (C=O) groups is 6. The van der Waals surface area contributed by atoms with E-state index < -0.39 is 52.1 Å². The Hall–Kier alpha value is -11.7. The van der Waals surface area contributed by atoms with Crippen molar-refractivity contribution in [2.24, 2.45) is 5.92 Å². The number of rotatable bonds is 19. The van der Waals surface area contributed by atoms with Gasteiger partial charge in [0.2, 0.25) is 5.91 Å². The molecule has 3 unspecified atom stereocenters. The van der Waals surface area contributed by atoms with Crippen molar-refractivity contribution in [3.05, 3.63) is 250 Å². The van der Waals surface area contributed by atoms with Crippen molar-refractivity contribution in [1.82, 2.24) is 88.4 Å². The minimum absolute atomic E-state index is 0.0130. The van der Waals surface area contributed by atoms with Crippen molar-refractivity contribution in [2.45, 2.75) is 208 Å². The molecule has 0 bridgehead atoms. The second-order valence-corrected chi connectivity index (χ2v) is 40.5. The third-order valence-electron chi connectivity index (χ3n) is 26.4. The molecule has 29 nitrogen and oxygen atoms in total. The van der Waals surface area contributed by atoms with Gasteiger partial charge < -0.3 is 86.9 Å². The van der Waals surface area contributed by atoms with E-state index in [4.69, 9.17) is 43.4 Å². The van der Waals surface area contributed by atoms with Crippen LogP contribution in [0.5, 0.6) is 0 Å². The monoisotopic (exact) mass is 1920 g/mol. The van der Waals surface area contributed by atoms with Gasteiger partial charge in [-0.25, -0.2) is 0 Å². The zero-order valence-corrected chi connectivity index (χ0v) is 85.4. The molecule has 12 aromatic rings. The third kappa shape index (κ3) is 28.0. The number of ketones is 1. The Morgan fingerprint density at radius 1 is 0.319 bits per heavy atom. The molecule has 6 atom stereocenters. The number of pyridine rings is 6. The normalized spacial score (nSPS) is 19.0. The van der Waals surface area contributed by atoms with Crippen molar-refractivity contribution < 1.29 is 57.2 Å². The zero-order chi connectivity index (χ0) is 101. The van der Waals surface area contributed by atoms with Crippen LogP contribution in [0.1, 0.15) is 170 Å². The van der Waals surface area contributed by atoms with Crippen molar-refractivity contribution in [1.29, 1.82) is 0 Å². The van der Waals surface area contributed by atoms with Crippen LogP contribution in [0.15, 0.2) is 182 Å². The number of ether oxygens (including phenoxy) is 6. The first-order valence-corrected chi connectivity index (χ1v) is 49.6. The second kappa shape index (κ2) is 48.4. The third-order valence-corrected chi connectivity index (χ3v) is 26.4. The number of carbonyl (C=O) groups excluding carboxylic acids is 6. The minimum Gasteiger partial charge on any atom is -0.379 e. The van der Waals surface area contributed by atoms with E-state index in [1.54, 1.807) is 0 Å². The Bertz CT molecular complexity index is 6070. The molecule has 5 amide bonds. The highest BCUT2D eigenvalue weighted by Gasteiger charge is 2.39. The number of amides is 5. The summed E-state index contributed by atoms with van der Waals surface area (Å²) in [4.78, 5) is 103. The lowest BCUT2D eigenvalue weighted by atomic mass is 9.80. The summed E-state index contributed by atoms with van der Waals surface area (Å²) in [5.74, 6) is -0.360. The van der Waals surface area contributed by atoms with Gasteiger partial charge in [-0.15, -0.1) is 0 Å². The molecule has 6 aliphatic heterocycles. The highest BCUT2D eigenvalue weighted by molar-refractivity contribution is 5.95. The molecule has 0 radical (unpaired) electrons. The van der Waals surface area contributed by atoms with Crippen LogP contribution < -0.4 is 58.5 Å². The van der Waals surface area contributed by atoms with E-state index in [-0.39, 0.29) is 52.8 Å². The standard InChI is InChI=1S/C20H26N2O2.2C19H25N3O2.3C18H23N3O2/c1-14-12-15-6-4-5-7-16(15)19(22-14)20(2,3)13-17(23)18-8-9-21-10-11-24-18;1-13-11-14-7-4-5-8-15(14)17(21-13)19(2,3)22-18(23)16-12-20-9-6-10-24-16;1-13-15-6-4-5-7-16(15)17(11-21-13)19(2,3)22-18(23)14-10-20-8-9-24-12-14;2*1-12-13-6-4-5-7-14(13)15(10-20-12)18(2,3)21-17(22)16-11-19-8-9-23-16;1-12-10-13-6-4-5-7-14(13)16(20-12)18(2,3)21-17(22)15-11-19-8-9-23-15/h4-7,12,18,21H,8-11,13H2,1-3H3;4-5,7-8,11,16,20H,6,9-10,12H2,1-3H3,(H,22,23);4-7,11,14,20H,8-10,12H2,1-3H3,(H,22,23);2*4-7,10,16,19H,8-9,11H2,1-3H3,(H,21,22);4-7,10,15,19H,8-9,11H2,1-3H3,(H,21,22)/t;;;2*16-;15-/m...100/s1. The maximum Gasteiger partial charge on any atom is 0.251 e. The summed E-state index contributed by atoms with van der Waals surface area (Å²) in [6.45, 7) is 48.7. The van der Waals surface area contributed by atoms with Gasteiger partial charge in [0.05, 0.1) is 90.3 Å². The van der Waals surface area contributed by atoms with Crippen molar-refractivity contribution in [3.63, 3.8) is 0 Å². The van der Waals surface area contributed by atoms with Crippen molar-refractivity contribution in [2.75, 3.05) is 125 Å². The Morgan fingerprint density at radius 3 is 1.00 bits per heavy atom. The van der Waals surface area contributed by atoms with Crippen molar-refractivity contribution in [3.8, 4) is 0 Å². The largest absolute Gasteiger partial charge is 0.379 e. The van der Waals surface area contributed by atoms with E-state index in [0.717, 1.165) is 186 Å². The Balaban J connectivity index is 0.000000142. The second-order valence-electron chi connectivity index (χ2n) is 40.5. The molecule has 141 heavy (non-hydrogen) atoms. The van der Waals surface area contributed by atoms with Gasteiger partial charge in [0.1, 0.15) is 30.5 Å². The number of nitrogens with one attached hydrogen (secondary N) is 11. The molecule has 750 valence electrons. The molecule has 0 spiro atoms. The molecule has 18 rings (SSSR count). The predicted octanol–water partition coefficient (Wildman–Crippen LogP) is 13.2. The summed E-state index contributed by atoms with van der Waals surface area (Å²) < 4.78 is 33.5. The first kappa shape index (κ1) is 107. The number of Topliss-reactive ketones (excluding diaryl/α,β-unsaturated/α-hetero) is 1. The number of fused-ring (bicyclic) bond motifs is 6. The molecule has 6 aromatic heterocycles. The van der Waals surface area contributed by atoms with Crippen LogP contribution in [0, 0.1) is 47.5 Å². The van der Waals surface area contributed by atoms with Crippen molar-refractivity contribution >= 4 is 100.0 Å². The fraction of sp³-hybridized carbons (Fsp3) is 0.464. The van der Waals surface area contributed by atoms with E-state index in [2.05, 4.69) is 172 Å². The maximum absolute atomic E-state index is 12.8. The molecule has 6 aliphatic rings. The Labute approximate surface area is 829 Å². The first-order chi connectivity index (χ1) is 67.4. The highest BCUT2D eigenvalue weighted by Crippen LogP contribution is 2.38. The number of aryl methyl sites for hydroxylation is 6. The quantitative estimate of drug-likeness (QED) is 0.0358. The molecular formula is C112H145N17O12. The van der Waals surface area contributed by atoms with Crippen LogP contribution in [0.4, 0.5) is 0 Å². The van der Waals surface area contributed by atoms with Gasteiger partial charge >= 0.3 is 0 Å². The number of hydrogen-bond acceptors (Lipinski definition) is 24. The first-order valence-electron chi connectivity index (χ1n) is 49.6. The van der Waals surface area contributed by atoms with Gasteiger partial charge in [0.15, 0.2) is 5.78 Å². The summed E-state index contributed by atoms with van der Waals surface area (Å²) in [5, 5.41) is 48.3. The van der Waals surface area contributed by atoms with Gasteiger partial charge in [0, 0.05) is 186 Å². The fourth-order valence-electron chi connectivity index (χ4n) is 18.8. The van der Waals surface area contributed by atoms with E-state index in [9.17, 15) is 28.8 Å². The van der Waals surface area contributed by atoms with E-state index in [0.29, 0.717) is 85.4 Å². The van der Waals surface area contributed by atoms with E-state index >= 15 is 0 Å². The number of hydrogen-bond donors (Lipinski definition) is 11. The lowest BCUT2D eigenvalue weighted by Crippen LogP contribution is -2.52. The number of benzene rings is 6. The van der Waals surface area contributed by atoms with Crippen LogP contribution in [0.25, 0.3) is 64.6 Å². The Morgan fingerprint density at radius 2 is 0.617 bits per heavy atom. The minimum atomic E-state index is -0.585. The van der Waals surface area contributed by atoms with Crippen LogP contribution in [0.2, 0.25) is 0 Å². The summed E-state index contributed by atoms with van der Waals surface area (Å²) >= 11 is 0. The molecule has 11 N–H and O–H groups in total. The fourth-order valence-corrected chi connectivity index (χ4v) is 18.8. The molecule has 0 aliphatic carbocycles. The van der Waals surface area contributed by atoms with E-state index in [1.807, 2.05) is 208 Å². The summed E-state index contributed by atoms with van der Waals surface area (Å²) in [5.41, 5.74) is 8.60. The molecular weight excluding hydrogens is 1780 g/mol. The van der Waals surface area contributed by atoms with Crippen LogP contribution in [0.3, 0.4) is 0 Å². The van der Waals surface area contributed by atoms with Crippen LogP contribution in [-0.4, -0.2) is 221 Å². The number of morpholine rings is 3. The predicted molar refractivity (Wildman–Crippen MR) is 557 cm³/mol. The lowest BCUT2D eigenvalue weighted by molar-refractivity contribution is -0.136. The summed E-state index contributed by atoms with van der Waals surface area (Å²) in [7, 11) is 0. The van der Waals surface area contributed by atoms with Gasteiger partial charge in [-0.05, 0) is 187 Å². The van der Waals surface area contributed by atoms with Crippen LogP contribution in [-0.2, 0) is 90.3 Å². The summed E-state index contributed by atoms with van der Waals surface area (Å²) in [6, 6.07) is 55.2. The summed E-state index contributed by atoms with van der Waals surface area (Å²) in [6.07, 6.45) is 5.64. The van der Waals surface area contributed by atoms with Gasteiger partial charge in [-0.2, -0.15) is 0 Å². The lowest BCUT2D eigenvalue weighted by Gasteiger charge is -2.31. The average molecular weight is 1920 g/mol. The molecule has 6 saturated heterocycles. The molecule has 12 heterocycles. The SMILES string of the molecule is Cc1cc2ccccc2c(C(C)(C)CC(=O)C2CCNCCO2)n1.Cc1cc2ccccc2c(C(C)(C)NC(=O)C2CNCCCO2)n1.Cc1cc2ccccc2c(C(C)(C)NC(=O)[C@@H]2CNCCO2)n1.Cc1ncc(C(C)(C)NC(=O)C2CNCCOC2)c2ccccc12.Cc1ncc(C(C)(C)NC(=O)[C@@H]2CNCCO2)c2ccccc12.Cc1ncc(C(C)(C)NC(=O)[C@H]2CNCCO2)c2ccccc12. The van der Waals surface area contributed by atoms with Gasteiger partial charge in [0.25, 0.3) is 23.6 Å². The maximum atomic E-state index is 12.8.